The maximum Gasteiger partial charge on any atom is 0.320 e. The van der Waals surface area contributed by atoms with Crippen LogP contribution in [0.4, 0.5) is 10.6 Å². The number of urea groups is 1. The maximum absolute atomic E-state index is 11.6. The predicted octanol–water partition coefficient (Wildman–Crippen LogP) is 2.85. The summed E-state index contributed by atoms with van der Waals surface area (Å²) in [7, 11) is 0. The van der Waals surface area contributed by atoms with Crippen LogP contribution in [0.5, 0.6) is 0 Å². The minimum absolute atomic E-state index is 0.445. The second-order valence-electron chi connectivity index (χ2n) is 4.02. The Morgan fingerprint density at radius 3 is 2.50 bits per heavy atom. The van der Waals surface area contributed by atoms with E-state index in [9.17, 15) is 4.79 Å². The van der Waals surface area contributed by atoms with E-state index in [2.05, 4.69) is 4.98 Å². The molecule has 1 aromatic carbocycles. The van der Waals surface area contributed by atoms with E-state index >= 15 is 0 Å². The van der Waals surface area contributed by atoms with E-state index < -0.39 is 6.03 Å². The van der Waals surface area contributed by atoms with Crippen LogP contribution in [0.2, 0.25) is 0 Å². The van der Waals surface area contributed by atoms with Gasteiger partial charge in [0, 0.05) is 4.88 Å². The fourth-order valence-electron chi connectivity index (χ4n) is 1.79. The summed E-state index contributed by atoms with van der Waals surface area (Å²) in [5.74, 6) is 0.661. The Labute approximate surface area is 110 Å². The van der Waals surface area contributed by atoms with Crippen LogP contribution in [0.25, 0.3) is 0 Å². The van der Waals surface area contributed by atoms with E-state index in [0.717, 1.165) is 15.4 Å². The van der Waals surface area contributed by atoms with Gasteiger partial charge in [0.1, 0.15) is 0 Å². The zero-order valence-corrected chi connectivity index (χ0v) is 11.2. The molecule has 0 atom stereocenters. The molecule has 1 heterocycles. The molecular formula is C13H15N3OS. The van der Waals surface area contributed by atoms with Crippen molar-refractivity contribution in [2.45, 2.75) is 20.4 Å². The van der Waals surface area contributed by atoms with Crippen LogP contribution < -0.4 is 10.6 Å². The number of amides is 2. The summed E-state index contributed by atoms with van der Waals surface area (Å²) in [6.07, 6.45) is 0. The molecule has 2 aromatic rings. The van der Waals surface area contributed by atoms with Crippen molar-refractivity contribution in [1.82, 2.24) is 4.98 Å². The molecule has 2 N–H and O–H groups in total. The number of rotatable bonds is 3. The Kier molecular flexibility index (Phi) is 3.62. The summed E-state index contributed by atoms with van der Waals surface area (Å²) in [6, 6.07) is 9.26. The fourth-order valence-corrected chi connectivity index (χ4v) is 2.61. The highest BCUT2D eigenvalue weighted by atomic mass is 32.1. The smallest absolute Gasteiger partial charge is 0.320 e. The Bertz CT molecular complexity index is 551. The molecule has 5 heteroatoms. The lowest BCUT2D eigenvalue weighted by molar-refractivity contribution is 0.253. The van der Waals surface area contributed by atoms with Crippen LogP contribution in [-0.2, 0) is 6.54 Å². The van der Waals surface area contributed by atoms with Gasteiger partial charge in [-0.25, -0.2) is 9.78 Å². The normalized spacial score (nSPS) is 10.3. The standard InChI is InChI=1S/C13H15N3OS/c1-9-12(15-10(2)18-9)16(13(14)17)8-11-6-4-3-5-7-11/h3-7H,8H2,1-2H3,(H2,14,17). The molecule has 0 saturated heterocycles. The van der Waals surface area contributed by atoms with Gasteiger partial charge in [-0.1, -0.05) is 30.3 Å². The lowest BCUT2D eigenvalue weighted by Gasteiger charge is -2.18. The Balaban J connectivity index is 2.30. The molecular weight excluding hydrogens is 246 g/mol. The molecule has 0 saturated carbocycles. The van der Waals surface area contributed by atoms with Crippen LogP contribution in [0, 0.1) is 13.8 Å². The number of aryl methyl sites for hydroxylation is 2. The molecule has 0 bridgehead atoms. The third kappa shape index (κ3) is 2.68. The van der Waals surface area contributed by atoms with Crippen molar-refractivity contribution in [3.8, 4) is 0 Å². The van der Waals surface area contributed by atoms with Crippen LogP contribution >= 0.6 is 11.3 Å². The third-order valence-electron chi connectivity index (χ3n) is 2.58. The summed E-state index contributed by atoms with van der Waals surface area (Å²) >= 11 is 1.56. The summed E-state index contributed by atoms with van der Waals surface area (Å²) in [4.78, 5) is 18.5. The second-order valence-corrected chi connectivity index (χ2v) is 5.43. The summed E-state index contributed by atoms with van der Waals surface area (Å²) < 4.78 is 0. The molecule has 18 heavy (non-hydrogen) atoms. The lowest BCUT2D eigenvalue weighted by Crippen LogP contribution is -2.35. The van der Waals surface area contributed by atoms with E-state index in [1.807, 2.05) is 44.2 Å². The number of hydrogen-bond donors (Lipinski definition) is 1. The highest BCUT2D eigenvalue weighted by Gasteiger charge is 2.18. The molecule has 0 aliphatic rings. The van der Waals surface area contributed by atoms with Gasteiger partial charge >= 0.3 is 6.03 Å². The minimum atomic E-state index is -0.479. The largest absolute Gasteiger partial charge is 0.351 e. The van der Waals surface area contributed by atoms with E-state index in [4.69, 9.17) is 5.73 Å². The molecule has 0 unspecified atom stereocenters. The van der Waals surface area contributed by atoms with Crippen LogP contribution in [0.15, 0.2) is 30.3 Å². The van der Waals surface area contributed by atoms with E-state index in [-0.39, 0.29) is 0 Å². The molecule has 2 rings (SSSR count). The van der Waals surface area contributed by atoms with E-state index in [1.54, 1.807) is 11.3 Å². The van der Waals surface area contributed by atoms with Gasteiger partial charge in [-0.05, 0) is 19.4 Å². The van der Waals surface area contributed by atoms with Crippen LogP contribution in [-0.4, -0.2) is 11.0 Å². The number of thiazole rings is 1. The molecule has 94 valence electrons. The number of carbonyl (C=O) groups is 1. The molecule has 0 aliphatic carbocycles. The number of primary amides is 1. The van der Waals surface area contributed by atoms with E-state index in [0.29, 0.717) is 12.4 Å². The van der Waals surface area contributed by atoms with Crippen molar-refractivity contribution in [3.63, 3.8) is 0 Å². The van der Waals surface area contributed by atoms with Gasteiger partial charge in [0.05, 0.1) is 11.6 Å². The van der Waals surface area contributed by atoms with Crippen molar-refractivity contribution < 1.29 is 4.79 Å². The SMILES string of the molecule is Cc1nc(N(Cc2ccccc2)C(N)=O)c(C)s1. The zero-order chi connectivity index (χ0) is 13.1. The molecule has 1 aromatic heterocycles. The average molecular weight is 261 g/mol. The maximum atomic E-state index is 11.6. The van der Waals surface area contributed by atoms with Crippen molar-refractivity contribution >= 4 is 23.2 Å². The number of anilines is 1. The Morgan fingerprint density at radius 1 is 1.33 bits per heavy atom. The van der Waals surface area contributed by atoms with Crippen LogP contribution in [0.3, 0.4) is 0 Å². The van der Waals surface area contributed by atoms with Gasteiger partial charge < -0.3 is 5.73 Å². The third-order valence-corrected chi connectivity index (χ3v) is 3.46. The van der Waals surface area contributed by atoms with Gasteiger partial charge in [-0.2, -0.15) is 0 Å². The first-order valence-corrected chi connectivity index (χ1v) is 6.44. The molecule has 4 nitrogen and oxygen atoms in total. The highest BCUT2D eigenvalue weighted by molar-refractivity contribution is 7.12. The number of nitrogens with zero attached hydrogens (tertiary/aromatic N) is 2. The monoisotopic (exact) mass is 261 g/mol. The van der Waals surface area contributed by atoms with Crippen molar-refractivity contribution in [2.75, 3.05) is 4.90 Å². The quantitative estimate of drug-likeness (QED) is 0.923. The molecule has 0 fully saturated rings. The molecule has 0 radical (unpaired) electrons. The number of nitrogens with two attached hydrogens (primary N) is 1. The molecule has 0 aliphatic heterocycles. The topological polar surface area (TPSA) is 59.2 Å². The summed E-state index contributed by atoms with van der Waals surface area (Å²) in [5, 5.41) is 0.932. The van der Waals surface area contributed by atoms with Crippen molar-refractivity contribution in [3.05, 3.63) is 45.8 Å². The zero-order valence-electron chi connectivity index (χ0n) is 10.4. The van der Waals surface area contributed by atoms with Gasteiger partial charge in [-0.3, -0.25) is 4.90 Å². The fraction of sp³-hybridized carbons (Fsp3) is 0.231. The van der Waals surface area contributed by atoms with Gasteiger partial charge in [-0.15, -0.1) is 11.3 Å². The number of aromatic nitrogens is 1. The van der Waals surface area contributed by atoms with Gasteiger partial charge in [0.15, 0.2) is 5.82 Å². The lowest BCUT2D eigenvalue weighted by atomic mass is 10.2. The first kappa shape index (κ1) is 12.6. The number of benzene rings is 1. The Morgan fingerprint density at radius 2 is 2.00 bits per heavy atom. The molecule has 0 spiro atoms. The predicted molar refractivity (Wildman–Crippen MR) is 73.8 cm³/mol. The Hall–Kier alpha value is -1.88. The summed E-state index contributed by atoms with van der Waals surface area (Å²) in [5.41, 5.74) is 6.48. The van der Waals surface area contributed by atoms with Crippen LogP contribution in [0.1, 0.15) is 15.4 Å². The average Bonchev–Trinajstić information content (AvgIpc) is 2.66. The first-order chi connectivity index (χ1) is 8.58. The number of hydrogen-bond acceptors (Lipinski definition) is 3. The second kappa shape index (κ2) is 5.18. The van der Waals surface area contributed by atoms with E-state index in [1.165, 1.54) is 4.90 Å². The minimum Gasteiger partial charge on any atom is -0.351 e. The molecule has 2 amide bonds. The van der Waals surface area contributed by atoms with Gasteiger partial charge in [0.25, 0.3) is 0 Å². The van der Waals surface area contributed by atoms with Crippen molar-refractivity contribution in [2.24, 2.45) is 5.73 Å². The first-order valence-electron chi connectivity index (χ1n) is 5.63. The summed E-state index contributed by atoms with van der Waals surface area (Å²) in [6.45, 7) is 4.31. The number of carbonyl (C=O) groups excluding carboxylic acids is 1. The highest BCUT2D eigenvalue weighted by Crippen LogP contribution is 2.26. The van der Waals surface area contributed by atoms with Crippen molar-refractivity contribution in [1.29, 1.82) is 0 Å². The van der Waals surface area contributed by atoms with Gasteiger partial charge in [0.2, 0.25) is 0 Å².